The Hall–Kier alpha value is -2.04. The van der Waals surface area contributed by atoms with Gasteiger partial charge in [0.15, 0.2) is 0 Å². The summed E-state index contributed by atoms with van der Waals surface area (Å²) in [6.45, 7) is 4.03. The summed E-state index contributed by atoms with van der Waals surface area (Å²) in [7, 11) is 0. The Morgan fingerprint density at radius 1 is 0.929 bits per heavy atom. The first-order valence-corrected chi connectivity index (χ1v) is 10.3. The number of piperazine rings is 1. The van der Waals surface area contributed by atoms with E-state index in [1.54, 1.807) is 4.90 Å². The van der Waals surface area contributed by atoms with Crippen LogP contribution >= 0.6 is 23.2 Å². The predicted octanol–water partition coefficient (Wildman–Crippen LogP) is 5.02. The maximum Gasteiger partial charge on any atom is 0.246 e. The average Bonchev–Trinajstić information content (AvgIpc) is 3.04. The van der Waals surface area contributed by atoms with Crippen molar-refractivity contribution in [1.82, 2.24) is 9.80 Å². The van der Waals surface area contributed by atoms with Crippen molar-refractivity contribution in [1.29, 1.82) is 0 Å². The fourth-order valence-corrected chi connectivity index (χ4v) is 4.84. The van der Waals surface area contributed by atoms with E-state index in [1.165, 1.54) is 0 Å². The van der Waals surface area contributed by atoms with Crippen LogP contribution in [0, 0.1) is 0 Å². The molecule has 0 aliphatic carbocycles. The Bertz CT molecular complexity index is 913. The van der Waals surface area contributed by atoms with Crippen LogP contribution in [-0.2, 0) is 9.59 Å². The van der Waals surface area contributed by atoms with Gasteiger partial charge in [0.05, 0.1) is 12.1 Å². The summed E-state index contributed by atoms with van der Waals surface area (Å²) in [5, 5.41) is 1.25. The summed E-state index contributed by atoms with van der Waals surface area (Å²) < 4.78 is 0. The maximum atomic E-state index is 13.4. The third kappa shape index (κ3) is 3.19. The van der Waals surface area contributed by atoms with Crippen molar-refractivity contribution in [3.05, 3.63) is 69.7 Å². The van der Waals surface area contributed by atoms with Crippen molar-refractivity contribution in [2.45, 2.75) is 50.9 Å². The number of hydrogen-bond acceptors (Lipinski definition) is 2. The highest BCUT2D eigenvalue weighted by atomic mass is 35.5. The fraction of sp³-hybridized carbons (Fsp3) is 0.364. The molecule has 6 heteroatoms. The largest absolute Gasteiger partial charge is 0.329 e. The lowest BCUT2D eigenvalue weighted by molar-refractivity contribution is -0.159. The van der Waals surface area contributed by atoms with Gasteiger partial charge >= 0.3 is 0 Å². The summed E-state index contributed by atoms with van der Waals surface area (Å²) in [4.78, 5) is 29.9. The van der Waals surface area contributed by atoms with E-state index in [1.807, 2.05) is 67.3 Å². The van der Waals surface area contributed by atoms with Crippen LogP contribution in [0.15, 0.2) is 48.5 Å². The molecule has 28 heavy (non-hydrogen) atoms. The number of fused-ring (bicyclic) bond motifs is 1. The first-order valence-electron chi connectivity index (χ1n) is 9.52. The number of halogens is 2. The molecule has 2 amide bonds. The Morgan fingerprint density at radius 2 is 1.64 bits per heavy atom. The molecule has 0 saturated carbocycles. The molecule has 2 aliphatic rings. The second kappa shape index (κ2) is 7.41. The second-order valence-electron chi connectivity index (χ2n) is 7.69. The summed E-state index contributed by atoms with van der Waals surface area (Å²) >= 11 is 12.4. The van der Waals surface area contributed by atoms with Crippen molar-refractivity contribution in [3.63, 3.8) is 0 Å². The molecule has 4 rings (SSSR count). The van der Waals surface area contributed by atoms with E-state index in [9.17, 15) is 9.59 Å². The summed E-state index contributed by atoms with van der Waals surface area (Å²) in [6.07, 6.45) is 0.956. The lowest BCUT2D eigenvalue weighted by atomic mass is 9.86. The highest BCUT2D eigenvalue weighted by Gasteiger charge is 2.53. The van der Waals surface area contributed by atoms with Gasteiger partial charge in [-0.25, -0.2) is 0 Å². The molecule has 1 unspecified atom stereocenters. The molecule has 2 aromatic rings. The number of nitrogens with zero attached hydrogens (tertiary/aromatic N) is 2. The van der Waals surface area contributed by atoms with Gasteiger partial charge in [0.1, 0.15) is 6.04 Å². The Kier molecular flexibility index (Phi) is 5.11. The monoisotopic (exact) mass is 416 g/mol. The van der Waals surface area contributed by atoms with Crippen LogP contribution in [0.4, 0.5) is 0 Å². The Morgan fingerprint density at radius 3 is 2.29 bits per heavy atom. The Balaban J connectivity index is 1.93. The number of benzene rings is 2. The van der Waals surface area contributed by atoms with Crippen LogP contribution in [0.2, 0.25) is 10.0 Å². The summed E-state index contributed by atoms with van der Waals surface area (Å²) in [5.74, 6) is 0.0322. The van der Waals surface area contributed by atoms with Gasteiger partial charge < -0.3 is 9.80 Å². The number of carbonyl (C=O) groups is 2. The molecule has 2 heterocycles. The van der Waals surface area contributed by atoms with Gasteiger partial charge in [0.25, 0.3) is 0 Å². The van der Waals surface area contributed by atoms with Gasteiger partial charge in [0.2, 0.25) is 11.8 Å². The van der Waals surface area contributed by atoms with E-state index in [0.717, 1.165) is 11.1 Å². The number of hydrogen-bond donors (Lipinski definition) is 0. The normalized spacial score (nSPS) is 24.8. The van der Waals surface area contributed by atoms with E-state index < -0.39 is 6.04 Å². The highest BCUT2D eigenvalue weighted by molar-refractivity contribution is 6.30. The summed E-state index contributed by atoms with van der Waals surface area (Å²) in [6, 6.07) is 14.1. The average molecular weight is 417 g/mol. The van der Waals surface area contributed by atoms with Crippen LogP contribution in [0.25, 0.3) is 0 Å². The van der Waals surface area contributed by atoms with Gasteiger partial charge in [-0.15, -0.1) is 0 Å². The smallest absolute Gasteiger partial charge is 0.246 e. The fourth-order valence-electron chi connectivity index (χ4n) is 4.52. The van der Waals surface area contributed by atoms with Crippen molar-refractivity contribution >= 4 is 35.0 Å². The van der Waals surface area contributed by atoms with E-state index in [2.05, 4.69) is 0 Å². The Labute approximate surface area is 175 Å². The molecule has 3 atom stereocenters. The van der Waals surface area contributed by atoms with Gasteiger partial charge in [0, 0.05) is 22.5 Å². The van der Waals surface area contributed by atoms with E-state index in [0.29, 0.717) is 22.9 Å². The molecule has 146 valence electrons. The van der Waals surface area contributed by atoms with Crippen LogP contribution in [0.3, 0.4) is 0 Å². The maximum absolute atomic E-state index is 13.4. The lowest BCUT2D eigenvalue weighted by Gasteiger charge is -2.51. The topological polar surface area (TPSA) is 40.6 Å². The number of rotatable bonds is 3. The van der Waals surface area contributed by atoms with Crippen LogP contribution in [0.5, 0.6) is 0 Å². The quantitative estimate of drug-likeness (QED) is 0.704. The first kappa shape index (κ1) is 19.3. The van der Waals surface area contributed by atoms with Gasteiger partial charge in [-0.2, -0.15) is 0 Å². The zero-order valence-electron chi connectivity index (χ0n) is 15.8. The molecule has 0 spiro atoms. The van der Waals surface area contributed by atoms with E-state index in [-0.39, 0.29) is 29.9 Å². The van der Waals surface area contributed by atoms with E-state index >= 15 is 0 Å². The minimum atomic E-state index is -0.414. The van der Waals surface area contributed by atoms with Crippen molar-refractivity contribution in [2.24, 2.45) is 0 Å². The van der Waals surface area contributed by atoms with Crippen molar-refractivity contribution < 1.29 is 9.59 Å². The minimum Gasteiger partial charge on any atom is -0.329 e. The molecular formula is C22H22Cl2N2O2. The van der Waals surface area contributed by atoms with Gasteiger partial charge in [-0.3, -0.25) is 9.59 Å². The number of amides is 2. The lowest BCUT2D eigenvalue weighted by Crippen LogP contribution is -2.59. The third-order valence-electron chi connectivity index (χ3n) is 5.65. The van der Waals surface area contributed by atoms with Crippen LogP contribution in [-0.4, -0.2) is 33.7 Å². The predicted molar refractivity (Wildman–Crippen MR) is 110 cm³/mol. The standard InChI is InChI=1S/C22H22Cl2N2O2/c1-13(2)25-20(14-6-8-16(23)9-7-14)21(15-4-3-5-17(24)12-15)26-18(22(25)28)10-11-19(26)27/h3-9,12-13,18,20-21H,10-11H2,1-2H3/t18?,20-,21+/m1/s1. The van der Waals surface area contributed by atoms with Crippen LogP contribution < -0.4 is 0 Å². The van der Waals surface area contributed by atoms with Crippen LogP contribution in [0.1, 0.15) is 49.9 Å². The minimum absolute atomic E-state index is 0.00675. The molecular weight excluding hydrogens is 395 g/mol. The molecule has 0 bridgehead atoms. The molecule has 0 aromatic heterocycles. The summed E-state index contributed by atoms with van der Waals surface area (Å²) in [5.41, 5.74) is 1.89. The van der Waals surface area contributed by atoms with Crippen molar-refractivity contribution in [2.75, 3.05) is 0 Å². The molecule has 2 aliphatic heterocycles. The second-order valence-corrected chi connectivity index (χ2v) is 8.56. The zero-order chi connectivity index (χ0) is 20.0. The molecule has 0 radical (unpaired) electrons. The first-order chi connectivity index (χ1) is 13.4. The van der Waals surface area contributed by atoms with Gasteiger partial charge in [-0.1, -0.05) is 47.5 Å². The van der Waals surface area contributed by atoms with E-state index in [4.69, 9.17) is 23.2 Å². The SMILES string of the molecule is CC(C)N1C(=O)C2CCC(=O)N2[C@@H](c2cccc(Cl)c2)[C@H]1c1ccc(Cl)cc1. The molecule has 2 saturated heterocycles. The zero-order valence-corrected chi connectivity index (χ0v) is 17.3. The molecule has 0 N–H and O–H groups in total. The molecule has 2 aromatic carbocycles. The highest BCUT2D eigenvalue weighted by Crippen LogP contribution is 2.48. The number of carbonyl (C=O) groups excluding carboxylic acids is 2. The molecule has 2 fully saturated rings. The van der Waals surface area contributed by atoms with Crippen molar-refractivity contribution in [3.8, 4) is 0 Å². The molecule has 4 nitrogen and oxygen atoms in total. The van der Waals surface area contributed by atoms with Gasteiger partial charge in [-0.05, 0) is 55.7 Å². The third-order valence-corrected chi connectivity index (χ3v) is 6.14.